The summed E-state index contributed by atoms with van der Waals surface area (Å²) >= 11 is 0. The van der Waals surface area contributed by atoms with Gasteiger partial charge in [0.1, 0.15) is 11.6 Å². The highest BCUT2D eigenvalue weighted by atomic mass is 19.1. The van der Waals surface area contributed by atoms with Gasteiger partial charge in [-0.2, -0.15) is 0 Å². The number of nitrogens with one attached hydrogen (secondary N) is 1. The standard InChI is InChI=1S/C16H22FNO3/c1-15(2)5-7-16(21,8-6-15)10-18-14(20)12-9-11(17)3-4-13(12)19/h3-4,9,19,21H,5-8,10H2,1-2H3,(H,18,20). The molecule has 21 heavy (non-hydrogen) atoms. The van der Waals surface area contributed by atoms with Crippen molar-refractivity contribution in [3.05, 3.63) is 29.6 Å². The van der Waals surface area contributed by atoms with Gasteiger partial charge in [0.15, 0.2) is 0 Å². The molecule has 0 spiro atoms. The van der Waals surface area contributed by atoms with E-state index in [0.29, 0.717) is 12.8 Å². The van der Waals surface area contributed by atoms with E-state index in [4.69, 9.17) is 0 Å². The first kappa shape index (κ1) is 15.8. The molecule has 3 N–H and O–H groups in total. The quantitative estimate of drug-likeness (QED) is 0.803. The number of halogens is 1. The Morgan fingerprint density at radius 3 is 2.52 bits per heavy atom. The predicted octanol–water partition coefficient (Wildman–Crippen LogP) is 2.59. The second-order valence-corrected chi connectivity index (χ2v) is 6.73. The van der Waals surface area contributed by atoms with Gasteiger partial charge in [-0.3, -0.25) is 4.79 Å². The van der Waals surface area contributed by atoms with Gasteiger partial charge in [0, 0.05) is 6.54 Å². The molecule has 116 valence electrons. The van der Waals surface area contributed by atoms with Crippen molar-refractivity contribution < 1.29 is 19.4 Å². The van der Waals surface area contributed by atoms with Crippen LogP contribution in [0.4, 0.5) is 4.39 Å². The van der Waals surface area contributed by atoms with Crippen molar-refractivity contribution in [3.8, 4) is 5.75 Å². The summed E-state index contributed by atoms with van der Waals surface area (Å²) in [6.07, 6.45) is 3.03. The molecule has 0 radical (unpaired) electrons. The van der Waals surface area contributed by atoms with Gasteiger partial charge in [-0.05, 0) is 49.3 Å². The molecular weight excluding hydrogens is 273 g/mol. The Labute approximate surface area is 124 Å². The SMILES string of the molecule is CC1(C)CCC(O)(CNC(=O)c2cc(F)ccc2O)CC1. The van der Waals surface area contributed by atoms with Gasteiger partial charge >= 0.3 is 0 Å². The summed E-state index contributed by atoms with van der Waals surface area (Å²) in [6.45, 7) is 4.43. The van der Waals surface area contributed by atoms with Crippen LogP contribution in [-0.2, 0) is 0 Å². The lowest BCUT2D eigenvalue weighted by atomic mass is 9.71. The molecule has 0 heterocycles. The summed E-state index contributed by atoms with van der Waals surface area (Å²) in [5, 5.41) is 22.6. The normalized spacial score (nSPS) is 20.0. The van der Waals surface area contributed by atoms with Crippen molar-refractivity contribution in [3.63, 3.8) is 0 Å². The summed E-state index contributed by atoms with van der Waals surface area (Å²) in [5.41, 5.74) is -0.819. The first-order valence-corrected chi connectivity index (χ1v) is 7.20. The van der Waals surface area contributed by atoms with Crippen LogP contribution in [0.15, 0.2) is 18.2 Å². The van der Waals surface area contributed by atoms with Gasteiger partial charge < -0.3 is 15.5 Å². The number of hydrogen-bond donors (Lipinski definition) is 3. The van der Waals surface area contributed by atoms with E-state index in [1.165, 1.54) is 0 Å². The molecule has 0 saturated heterocycles. The molecule has 0 aromatic heterocycles. The van der Waals surface area contributed by atoms with E-state index in [9.17, 15) is 19.4 Å². The lowest BCUT2D eigenvalue weighted by Gasteiger charge is -2.40. The zero-order chi connectivity index (χ0) is 15.7. The van der Waals surface area contributed by atoms with Gasteiger partial charge in [-0.25, -0.2) is 4.39 Å². The molecule has 1 aliphatic carbocycles. The largest absolute Gasteiger partial charge is 0.507 e. The molecule has 1 fully saturated rings. The summed E-state index contributed by atoms with van der Waals surface area (Å²) in [7, 11) is 0. The van der Waals surface area contributed by atoms with E-state index < -0.39 is 17.3 Å². The average molecular weight is 295 g/mol. The zero-order valence-corrected chi connectivity index (χ0v) is 12.4. The molecule has 0 bridgehead atoms. The lowest BCUT2D eigenvalue weighted by molar-refractivity contribution is -0.0233. The molecule has 0 aliphatic heterocycles. The number of carbonyl (C=O) groups excluding carboxylic acids is 1. The molecule has 2 rings (SSSR count). The van der Waals surface area contributed by atoms with E-state index in [2.05, 4.69) is 19.2 Å². The van der Waals surface area contributed by atoms with Crippen molar-refractivity contribution in [1.29, 1.82) is 0 Å². The minimum Gasteiger partial charge on any atom is -0.507 e. The number of phenols is 1. The number of phenolic OH excluding ortho intramolecular Hbond substituents is 1. The fraction of sp³-hybridized carbons (Fsp3) is 0.562. The van der Waals surface area contributed by atoms with Crippen LogP contribution in [0.3, 0.4) is 0 Å². The zero-order valence-electron chi connectivity index (χ0n) is 12.4. The van der Waals surface area contributed by atoms with E-state index in [0.717, 1.165) is 31.0 Å². The number of carbonyl (C=O) groups is 1. The Balaban J connectivity index is 1.97. The van der Waals surface area contributed by atoms with E-state index in [1.807, 2.05) is 0 Å². The van der Waals surface area contributed by atoms with Crippen molar-refractivity contribution in [2.24, 2.45) is 5.41 Å². The van der Waals surface area contributed by atoms with Crippen LogP contribution >= 0.6 is 0 Å². The first-order chi connectivity index (χ1) is 9.71. The number of hydrogen-bond acceptors (Lipinski definition) is 3. The maximum Gasteiger partial charge on any atom is 0.255 e. The Morgan fingerprint density at radius 1 is 1.29 bits per heavy atom. The molecule has 5 heteroatoms. The van der Waals surface area contributed by atoms with Crippen molar-refractivity contribution in [1.82, 2.24) is 5.32 Å². The third-order valence-corrected chi connectivity index (χ3v) is 4.32. The predicted molar refractivity (Wildman–Crippen MR) is 77.6 cm³/mol. The number of rotatable bonds is 3. The number of aromatic hydroxyl groups is 1. The van der Waals surface area contributed by atoms with Crippen LogP contribution in [-0.4, -0.2) is 28.3 Å². The highest BCUT2D eigenvalue weighted by molar-refractivity contribution is 5.96. The molecule has 1 amide bonds. The molecule has 1 aromatic carbocycles. The minimum atomic E-state index is -0.922. The second-order valence-electron chi connectivity index (χ2n) is 6.73. The van der Waals surface area contributed by atoms with Gasteiger partial charge in [-0.15, -0.1) is 0 Å². The van der Waals surface area contributed by atoms with Gasteiger partial charge in [0.25, 0.3) is 5.91 Å². The van der Waals surface area contributed by atoms with Crippen LogP contribution in [0.5, 0.6) is 5.75 Å². The molecule has 0 unspecified atom stereocenters. The van der Waals surface area contributed by atoms with Crippen molar-refractivity contribution >= 4 is 5.91 Å². The smallest absolute Gasteiger partial charge is 0.255 e. The second kappa shape index (κ2) is 5.64. The van der Waals surface area contributed by atoms with Crippen LogP contribution in [0.1, 0.15) is 49.9 Å². The summed E-state index contributed by atoms with van der Waals surface area (Å²) in [6, 6.07) is 3.21. The van der Waals surface area contributed by atoms with Gasteiger partial charge in [0.2, 0.25) is 0 Å². The third-order valence-electron chi connectivity index (χ3n) is 4.32. The highest BCUT2D eigenvalue weighted by Crippen LogP contribution is 2.39. The van der Waals surface area contributed by atoms with Gasteiger partial charge in [-0.1, -0.05) is 13.8 Å². The van der Waals surface area contributed by atoms with E-state index in [-0.39, 0.29) is 23.3 Å². The van der Waals surface area contributed by atoms with Crippen LogP contribution < -0.4 is 5.32 Å². The minimum absolute atomic E-state index is 0.109. The maximum absolute atomic E-state index is 13.1. The molecule has 1 aromatic rings. The number of aliphatic hydroxyl groups is 1. The topological polar surface area (TPSA) is 69.6 Å². The molecular formula is C16H22FNO3. The van der Waals surface area contributed by atoms with Crippen molar-refractivity contribution in [2.75, 3.05) is 6.54 Å². The Kier molecular flexibility index (Phi) is 4.23. The number of amides is 1. The summed E-state index contributed by atoms with van der Waals surface area (Å²) < 4.78 is 13.1. The molecule has 1 saturated carbocycles. The maximum atomic E-state index is 13.1. The van der Waals surface area contributed by atoms with Crippen LogP contribution in [0.25, 0.3) is 0 Å². The van der Waals surface area contributed by atoms with Crippen LogP contribution in [0.2, 0.25) is 0 Å². The number of benzene rings is 1. The molecule has 4 nitrogen and oxygen atoms in total. The van der Waals surface area contributed by atoms with Crippen molar-refractivity contribution in [2.45, 2.75) is 45.1 Å². The third kappa shape index (κ3) is 3.94. The van der Waals surface area contributed by atoms with E-state index >= 15 is 0 Å². The highest BCUT2D eigenvalue weighted by Gasteiger charge is 2.36. The lowest BCUT2D eigenvalue weighted by Crippen LogP contribution is -2.46. The Morgan fingerprint density at radius 2 is 1.90 bits per heavy atom. The average Bonchev–Trinajstić information content (AvgIpc) is 2.43. The Hall–Kier alpha value is -1.62. The fourth-order valence-corrected chi connectivity index (χ4v) is 2.60. The van der Waals surface area contributed by atoms with E-state index in [1.54, 1.807) is 0 Å². The first-order valence-electron chi connectivity index (χ1n) is 7.20. The monoisotopic (exact) mass is 295 g/mol. The summed E-state index contributed by atoms with van der Waals surface area (Å²) in [4.78, 5) is 12.0. The summed E-state index contributed by atoms with van der Waals surface area (Å²) in [5.74, 6) is -1.44. The van der Waals surface area contributed by atoms with Gasteiger partial charge in [0.05, 0.1) is 11.2 Å². The molecule has 0 atom stereocenters. The Bertz CT molecular complexity index is 532. The van der Waals surface area contributed by atoms with Crippen LogP contribution in [0, 0.1) is 11.2 Å². The molecule has 1 aliphatic rings. The fourth-order valence-electron chi connectivity index (χ4n) is 2.60.